The Kier molecular flexibility index (Phi) is 4.13. The Balaban J connectivity index is 3.09. The van der Waals surface area contributed by atoms with Gasteiger partial charge in [0.05, 0.1) is 19.7 Å². The molecule has 0 N–H and O–H groups in total. The SMILES string of the molecule is O=[N+]([O-])c1cc([N+](=O)[O-])c([N+](=O)[O-])c([N+](=O)[O-])c1-c1ccccc1. The normalized spacial score (nSPS) is 10.2. The predicted octanol–water partition coefficient (Wildman–Crippen LogP) is 2.99. The highest BCUT2D eigenvalue weighted by Crippen LogP contribution is 2.48. The Morgan fingerprint density at radius 3 is 1.54 bits per heavy atom. The smallest absolute Gasteiger partial charge is 0.258 e. The van der Waals surface area contributed by atoms with Crippen molar-refractivity contribution in [1.29, 1.82) is 0 Å². The number of nitrogens with zero attached hydrogens (tertiary/aromatic N) is 4. The van der Waals surface area contributed by atoms with Crippen LogP contribution in [0.3, 0.4) is 0 Å². The van der Waals surface area contributed by atoms with Gasteiger partial charge in [0.15, 0.2) is 0 Å². The molecule has 0 aliphatic heterocycles. The molecule has 0 aliphatic rings. The van der Waals surface area contributed by atoms with E-state index in [0.29, 0.717) is 6.07 Å². The van der Waals surface area contributed by atoms with Crippen molar-refractivity contribution >= 4 is 22.7 Å². The molecule has 2 rings (SSSR count). The second kappa shape index (κ2) is 6.04. The average Bonchev–Trinajstić information content (AvgIpc) is 2.53. The van der Waals surface area contributed by atoms with E-state index in [9.17, 15) is 40.5 Å². The summed E-state index contributed by atoms with van der Waals surface area (Å²) in [5.74, 6) is 0. The molecule has 0 aliphatic carbocycles. The maximum atomic E-state index is 11.3. The molecule has 122 valence electrons. The Morgan fingerprint density at radius 2 is 1.12 bits per heavy atom. The molecule has 0 radical (unpaired) electrons. The van der Waals surface area contributed by atoms with Crippen molar-refractivity contribution in [3.63, 3.8) is 0 Å². The van der Waals surface area contributed by atoms with Crippen molar-refractivity contribution in [1.82, 2.24) is 0 Å². The molecule has 0 amide bonds. The van der Waals surface area contributed by atoms with Gasteiger partial charge >= 0.3 is 17.1 Å². The van der Waals surface area contributed by atoms with Crippen LogP contribution in [0.2, 0.25) is 0 Å². The largest absolute Gasteiger partial charge is 0.423 e. The van der Waals surface area contributed by atoms with Crippen LogP contribution in [-0.4, -0.2) is 19.7 Å². The highest BCUT2D eigenvalue weighted by atomic mass is 16.7. The van der Waals surface area contributed by atoms with E-state index >= 15 is 0 Å². The fraction of sp³-hybridized carbons (Fsp3) is 0. The molecule has 0 heterocycles. The van der Waals surface area contributed by atoms with E-state index in [-0.39, 0.29) is 5.56 Å². The third kappa shape index (κ3) is 2.70. The molecule has 0 spiro atoms. The van der Waals surface area contributed by atoms with Crippen molar-refractivity contribution in [2.24, 2.45) is 0 Å². The van der Waals surface area contributed by atoms with Gasteiger partial charge in [-0.25, -0.2) is 0 Å². The maximum absolute atomic E-state index is 11.3. The molecule has 0 saturated heterocycles. The third-order valence-electron chi connectivity index (χ3n) is 3.05. The molecule has 0 atom stereocenters. The number of nitro groups is 4. The van der Waals surface area contributed by atoms with Crippen LogP contribution in [0.25, 0.3) is 11.1 Å². The molecule has 0 saturated carbocycles. The number of rotatable bonds is 5. The molecule has 12 heteroatoms. The summed E-state index contributed by atoms with van der Waals surface area (Å²) in [6.45, 7) is 0. The van der Waals surface area contributed by atoms with Gasteiger partial charge in [-0.05, 0) is 5.56 Å². The lowest BCUT2D eigenvalue weighted by atomic mass is 9.99. The van der Waals surface area contributed by atoms with E-state index in [1.54, 1.807) is 0 Å². The summed E-state index contributed by atoms with van der Waals surface area (Å²) < 4.78 is 0. The van der Waals surface area contributed by atoms with Crippen LogP contribution in [0.15, 0.2) is 36.4 Å². The van der Waals surface area contributed by atoms with E-state index in [4.69, 9.17) is 0 Å². The fourth-order valence-corrected chi connectivity index (χ4v) is 2.16. The van der Waals surface area contributed by atoms with E-state index < -0.39 is 48.0 Å². The van der Waals surface area contributed by atoms with E-state index in [0.717, 1.165) is 0 Å². The number of benzene rings is 2. The van der Waals surface area contributed by atoms with Gasteiger partial charge < -0.3 is 0 Å². The lowest BCUT2D eigenvalue weighted by Crippen LogP contribution is -2.06. The van der Waals surface area contributed by atoms with Gasteiger partial charge in [0, 0.05) is 0 Å². The summed E-state index contributed by atoms with van der Waals surface area (Å²) in [4.78, 5) is 39.8. The minimum absolute atomic E-state index is 0.0473. The van der Waals surface area contributed by atoms with Crippen LogP contribution < -0.4 is 0 Å². The topological polar surface area (TPSA) is 173 Å². The molecular formula is C12H6N4O8. The molecular weight excluding hydrogens is 328 g/mol. The number of hydrogen-bond donors (Lipinski definition) is 0. The van der Waals surface area contributed by atoms with Crippen LogP contribution in [-0.2, 0) is 0 Å². The van der Waals surface area contributed by atoms with Crippen molar-refractivity contribution in [3.05, 3.63) is 76.9 Å². The maximum Gasteiger partial charge on any atom is 0.423 e. The van der Waals surface area contributed by atoms with Gasteiger partial charge in [-0.15, -0.1) is 0 Å². The second-order valence-corrected chi connectivity index (χ2v) is 4.38. The Hall–Kier alpha value is -3.96. The molecule has 0 aromatic heterocycles. The lowest BCUT2D eigenvalue weighted by Gasteiger charge is -2.05. The van der Waals surface area contributed by atoms with E-state index in [2.05, 4.69) is 0 Å². The summed E-state index contributed by atoms with van der Waals surface area (Å²) in [7, 11) is 0. The van der Waals surface area contributed by atoms with Crippen molar-refractivity contribution < 1.29 is 19.7 Å². The summed E-state index contributed by atoms with van der Waals surface area (Å²) >= 11 is 0. The lowest BCUT2D eigenvalue weighted by molar-refractivity contribution is -0.442. The Labute approximate surface area is 131 Å². The Bertz CT molecular complexity index is 880. The van der Waals surface area contributed by atoms with Gasteiger partial charge in [-0.3, -0.25) is 40.5 Å². The van der Waals surface area contributed by atoms with E-state index in [1.807, 2.05) is 0 Å². The predicted molar refractivity (Wildman–Crippen MR) is 78.5 cm³/mol. The van der Waals surface area contributed by atoms with Crippen LogP contribution >= 0.6 is 0 Å². The first-order chi connectivity index (χ1) is 11.3. The molecule has 0 fully saturated rings. The number of hydrogen-bond acceptors (Lipinski definition) is 8. The molecule has 2 aromatic carbocycles. The van der Waals surface area contributed by atoms with Crippen LogP contribution in [0, 0.1) is 40.5 Å². The third-order valence-corrected chi connectivity index (χ3v) is 3.05. The summed E-state index contributed by atoms with van der Waals surface area (Å²) in [6.07, 6.45) is 0. The van der Waals surface area contributed by atoms with Gasteiger partial charge in [-0.2, -0.15) is 0 Å². The molecule has 24 heavy (non-hydrogen) atoms. The van der Waals surface area contributed by atoms with Gasteiger partial charge in [0.25, 0.3) is 5.69 Å². The average molecular weight is 334 g/mol. The first-order valence-corrected chi connectivity index (χ1v) is 6.09. The van der Waals surface area contributed by atoms with Crippen LogP contribution in [0.1, 0.15) is 0 Å². The highest BCUT2D eigenvalue weighted by molar-refractivity contribution is 5.90. The fourth-order valence-electron chi connectivity index (χ4n) is 2.16. The first-order valence-electron chi connectivity index (χ1n) is 6.09. The minimum Gasteiger partial charge on any atom is -0.258 e. The number of nitro benzene ring substituents is 4. The first kappa shape index (κ1) is 16.4. The van der Waals surface area contributed by atoms with Gasteiger partial charge in [0.2, 0.25) is 0 Å². The highest BCUT2D eigenvalue weighted by Gasteiger charge is 2.44. The summed E-state index contributed by atoms with van der Waals surface area (Å²) in [5, 5.41) is 44.7. The molecule has 0 bridgehead atoms. The summed E-state index contributed by atoms with van der Waals surface area (Å²) in [5.41, 5.74) is -5.71. The zero-order chi connectivity index (χ0) is 18.0. The molecule has 12 nitrogen and oxygen atoms in total. The monoisotopic (exact) mass is 334 g/mol. The molecule has 0 unspecified atom stereocenters. The van der Waals surface area contributed by atoms with Gasteiger partial charge in [0.1, 0.15) is 11.6 Å². The van der Waals surface area contributed by atoms with Crippen molar-refractivity contribution in [2.75, 3.05) is 0 Å². The zero-order valence-electron chi connectivity index (χ0n) is 11.5. The minimum atomic E-state index is -1.41. The summed E-state index contributed by atoms with van der Waals surface area (Å²) in [6, 6.07) is 7.25. The Morgan fingerprint density at radius 1 is 0.625 bits per heavy atom. The molecule has 2 aromatic rings. The zero-order valence-corrected chi connectivity index (χ0v) is 11.5. The van der Waals surface area contributed by atoms with Gasteiger partial charge in [-0.1, -0.05) is 30.3 Å². The van der Waals surface area contributed by atoms with E-state index in [1.165, 1.54) is 30.3 Å². The van der Waals surface area contributed by atoms with Crippen LogP contribution in [0.4, 0.5) is 22.7 Å². The van der Waals surface area contributed by atoms with Crippen LogP contribution in [0.5, 0.6) is 0 Å². The quantitative estimate of drug-likeness (QED) is 0.592. The van der Waals surface area contributed by atoms with Crippen molar-refractivity contribution in [2.45, 2.75) is 0 Å². The second-order valence-electron chi connectivity index (χ2n) is 4.38. The standard InChI is InChI=1S/C12H6N4O8/c17-13(18)8-6-9(14(19)20)11(15(21)22)12(16(23)24)10(8)7-4-2-1-3-5-7/h1-6H. The van der Waals surface area contributed by atoms with Crippen molar-refractivity contribution in [3.8, 4) is 11.1 Å².